The van der Waals surface area contributed by atoms with Crippen molar-refractivity contribution in [2.45, 2.75) is 6.92 Å². The van der Waals surface area contributed by atoms with Crippen molar-refractivity contribution in [2.24, 2.45) is 0 Å². The lowest BCUT2D eigenvalue weighted by molar-refractivity contribution is -0.131. The summed E-state index contributed by atoms with van der Waals surface area (Å²) in [6, 6.07) is 7.79. The molecule has 0 radical (unpaired) electrons. The second kappa shape index (κ2) is 5.01. The van der Waals surface area contributed by atoms with Crippen molar-refractivity contribution in [1.29, 1.82) is 0 Å². The van der Waals surface area contributed by atoms with Gasteiger partial charge in [0.1, 0.15) is 22.8 Å². The average molecular weight is 341 g/mol. The topological polar surface area (TPSA) is 77.7 Å². The van der Waals surface area contributed by atoms with E-state index in [0.717, 1.165) is 0 Å². The summed E-state index contributed by atoms with van der Waals surface area (Å²) in [4.78, 5) is 40.5. The average Bonchev–Trinajstić information content (AvgIpc) is 2.91. The molecular weight excluding hydrogens is 332 g/mol. The Morgan fingerprint density at radius 3 is 2.67 bits per heavy atom. The van der Waals surface area contributed by atoms with Gasteiger partial charge in [0.2, 0.25) is 5.78 Å². The highest BCUT2D eigenvalue weighted by Crippen LogP contribution is 2.36. The Morgan fingerprint density at radius 2 is 1.92 bits per heavy atom. The predicted molar refractivity (Wildman–Crippen MR) is 85.6 cm³/mol. The number of nitrogens with zero attached hydrogens (tertiary/aromatic N) is 2. The minimum atomic E-state index is -0.646. The third-order valence-corrected chi connectivity index (χ3v) is 3.98. The number of benzene rings is 1. The number of hydrogen-bond donors (Lipinski definition) is 0. The molecule has 0 atom stereocenters. The first-order chi connectivity index (χ1) is 11.5. The molecule has 1 aromatic carbocycles. The lowest BCUT2D eigenvalue weighted by Crippen LogP contribution is -2.22. The van der Waals surface area contributed by atoms with Crippen LogP contribution in [0.3, 0.4) is 0 Å². The maximum absolute atomic E-state index is 12.5. The van der Waals surface area contributed by atoms with Gasteiger partial charge >= 0.3 is 5.97 Å². The monoisotopic (exact) mass is 340 g/mol. The normalized spacial score (nSPS) is 12.9. The molecule has 0 fully saturated rings. The van der Waals surface area contributed by atoms with Gasteiger partial charge in [-0.1, -0.05) is 11.6 Å². The zero-order chi connectivity index (χ0) is 17.0. The van der Waals surface area contributed by atoms with Crippen LogP contribution in [0.4, 0.5) is 0 Å². The number of ether oxygens (including phenoxy) is 1. The van der Waals surface area contributed by atoms with Crippen LogP contribution in [0.5, 0.6) is 5.75 Å². The van der Waals surface area contributed by atoms with Crippen molar-refractivity contribution in [2.75, 3.05) is 0 Å². The minimum absolute atomic E-state index is 0.157. The Morgan fingerprint density at radius 1 is 1.12 bits per heavy atom. The summed E-state index contributed by atoms with van der Waals surface area (Å²) < 4.78 is 6.56. The zero-order valence-electron chi connectivity index (χ0n) is 12.4. The number of imidazole rings is 1. The number of hydrogen-bond acceptors (Lipinski definition) is 5. The molecule has 2 aromatic heterocycles. The number of ketones is 2. The first-order valence-electron chi connectivity index (χ1n) is 7.05. The van der Waals surface area contributed by atoms with Crippen LogP contribution in [0.2, 0.25) is 5.02 Å². The third kappa shape index (κ3) is 2.04. The Kier molecular flexibility index (Phi) is 3.04. The Hall–Kier alpha value is -2.99. The highest BCUT2D eigenvalue weighted by atomic mass is 35.5. The lowest BCUT2D eigenvalue weighted by atomic mass is 9.90. The molecule has 6 nitrogen and oxygen atoms in total. The molecule has 0 aliphatic heterocycles. The fraction of sp³-hybridized carbons (Fsp3) is 0.0588. The van der Waals surface area contributed by atoms with Gasteiger partial charge in [-0.25, -0.2) is 4.98 Å². The number of fused-ring (bicyclic) bond motifs is 5. The number of aromatic nitrogens is 2. The van der Waals surface area contributed by atoms with E-state index in [-0.39, 0.29) is 17.0 Å². The van der Waals surface area contributed by atoms with E-state index in [0.29, 0.717) is 21.9 Å². The molecular formula is C17H9ClN2O4. The third-order valence-electron chi connectivity index (χ3n) is 3.76. The van der Waals surface area contributed by atoms with E-state index in [1.165, 1.54) is 35.7 Å². The maximum Gasteiger partial charge on any atom is 0.308 e. The second-order valence-electron chi connectivity index (χ2n) is 5.34. The molecule has 118 valence electrons. The van der Waals surface area contributed by atoms with Gasteiger partial charge in [0, 0.05) is 24.2 Å². The lowest BCUT2D eigenvalue weighted by Gasteiger charge is -2.14. The molecule has 0 bridgehead atoms. The Labute approximate surface area is 140 Å². The van der Waals surface area contributed by atoms with E-state index >= 15 is 0 Å². The summed E-state index contributed by atoms with van der Waals surface area (Å²) in [6.45, 7) is 1.28. The maximum atomic E-state index is 12.5. The molecule has 1 aliphatic carbocycles. The van der Waals surface area contributed by atoms with E-state index in [4.69, 9.17) is 16.3 Å². The number of esters is 1. The quantitative estimate of drug-likeness (QED) is 0.386. The number of rotatable bonds is 1. The molecule has 4 rings (SSSR count). The van der Waals surface area contributed by atoms with Crippen LogP contribution in [-0.2, 0) is 4.79 Å². The number of pyridine rings is 1. The van der Waals surface area contributed by atoms with Crippen LogP contribution >= 0.6 is 11.6 Å². The van der Waals surface area contributed by atoms with Gasteiger partial charge in [-0.05, 0) is 30.3 Å². The molecule has 0 unspecified atom stereocenters. The Balaban J connectivity index is 2.03. The van der Waals surface area contributed by atoms with Crippen LogP contribution in [0, 0.1) is 0 Å². The highest BCUT2D eigenvalue weighted by molar-refractivity contribution is 6.52. The van der Waals surface area contributed by atoms with Gasteiger partial charge in [0.05, 0.1) is 5.02 Å². The minimum Gasteiger partial charge on any atom is -0.427 e. The summed E-state index contributed by atoms with van der Waals surface area (Å²) >= 11 is 5.98. The Bertz CT molecular complexity index is 1070. The smallest absolute Gasteiger partial charge is 0.308 e. The summed E-state index contributed by atoms with van der Waals surface area (Å²) in [5, 5.41) is 0.419. The first-order valence-corrected chi connectivity index (χ1v) is 7.43. The standard InChI is InChI=1S/C17H9ClN2O4/c1-8(21)24-10-3-4-11-12(6-10)14-15(17(23)16(11)22)20-7-9(18)2-5-13(20)19-14/h2-7H,1H3. The number of carbonyl (C=O) groups is 3. The van der Waals surface area contributed by atoms with E-state index < -0.39 is 17.5 Å². The van der Waals surface area contributed by atoms with E-state index in [1.807, 2.05) is 0 Å². The van der Waals surface area contributed by atoms with E-state index in [2.05, 4.69) is 4.98 Å². The van der Waals surface area contributed by atoms with Crippen molar-refractivity contribution >= 4 is 34.8 Å². The predicted octanol–water partition coefficient (Wildman–Crippen LogP) is 2.96. The first kappa shape index (κ1) is 14.6. The molecule has 24 heavy (non-hydrogen) atoms. The fourth-order valence-corrected chi connectivity index (χ4v) is 2.96. The largest absolute Gasteiger partial charge is 0.427 e. The van der Waals surface area contributed by atoms with Gasteiger partial charge in [-0.2, -0.15) is 0 Å². The molecule has 1 aliphatic rings. The van der Waals surface area contributed by atoms with Crippen LogP contribution in [0.15, 0.2) is 36.5 Å². The zero-order valence-corrected chi connectivity index (χ0v) is 13.1. The summed E-state index contributed by atoms with van der Waals surface area (Å²) in [6.07, 6.45) is 1.54. The number of carbonyl (C=O) groups excluding carboxylic acids is 3. The molecule has 0 N–H and O–H groups in total. The van der Waals surface area contributed by atoms with Crippen molar-refractivity contribution in [3.8, 4) is 17.0 Å². The van der Waals surface area contributed by atoms with Gasteiger partial charge in [0.25, 0.3) is 5.78 Å². The summed E-state index contributed by atoms with van der Waals surface area (Å²) in [7, 11) is 0. The van der Waals surface area contributed by atoms with E-state index in [9.17, 15) is 14.4 Å². The van der Waals surface area contributed by atoms with Crippen LogP contribution in [-0.4, -0.2) is 26.9 Å². The molecule has 0 saturated carbocycles. The summed E-state index contributed by atoms with van der Waals surface area (Å²) in [5.41, 5.74) is 1.71. The van der Waals surface area contributed by atoms with Crippen molar-refractivity contribution in [3.05, 3.63) is 52.8 Å². The highest BCUT2D eigenvalue weighted by Gasteiger charge is 2.35. The molecule has 0 amide bonds. The number of Topliss-reactive ketones (excluding diaryl/α,β-unsaturated/α-hetero) is 2. The van der Waals surface area contributed by atoms with E-state index in [1.54, 1.807) is 12.1 Å². The van der Waals surface area contributed by atoms with Gasteiger partial charge in [-0.3, -0.25) is 18.8 Å². The van der Waals surface area contributed by atoms with Gasteiger partial charge in [-0.15, -0.1) is 0 Å². The van der Waals surface area contributed by atoms with Crippen molar-refractivity contribution in [3.63, 3.8) is 0 Å². The fourth-order valence-electron chi connectivity index (χ4n) is 2.80. The molecule has 0 spiro atoms. The molecule has 2 heterocycles. The van der Waals surface area contributed by atoms with Crippen LogP contribution in [0.1, 0.15) is 27.8 Å². The number of halogens is 1. The van der Waals surface area contributed by atoms with Crippen molar-refractivity contribution in [1.82, 2.24) is 9.38 Å². The molecule has 7 heteroatoms. The molecule has 0 saturated heterocycles. The van der Waals surface area contributed by atoms with Gasteiger partial charge < -0.3 is 4.74 Å². The van der Waals surface area contributed by atoms with Gasteiger partial charge in [0.15, 0.2) is 0 Å². The van der Waals surface area contributed by atoms with Crippen LogP contribution < -0.4 is 4.74 Å². The second-order valence-corrected chi connectivity index (χ2v) is 5.78. The molecule has 3 aromatic rings. The van der Waals surface area contributed by atoms with Crippen molar-refractivity contribution < 1.29 is 19.1 Å². The SMILES string of the molecule is CC(=O)Oc1ccc2c(c1)-c1nc3ccc(Cl)cn3c1C(=O)C2=O. The van der Waals surface area contributed by atoms with Crippen LogP contribution in [0.25, 0.3) is 16.9 Å². The summed E-state index contributed by atoms with van der Waals surface area (Å²) in [5.74, 6) is -1.47.